The smallest absolute Gasteiger partial charge is 0.0592 e. The Balaban J connectivity index is 1.92. The number of likely N-dealkylation sites (tertiary alicyclic amines) is 1. The van der Waals surface area contributed by atoms with Crippen LogP contribution in [0.1, 0.15) is 39.0 Å². The van der Waals surface area contributed by atoms with Gasteiger partial charge in [-0.05, 0) is 25.7 Å². The molecule has 2 rings (SSSR count). The van der Waals surface area contributed by atoms with E-state index in [-0.39, 0.29) is 0 Å². The van der Waals surface area contributed by atoms with Crippen LogP contribution in [0.5, 0.6) is 0 Å². The second-order valence-electron chi connectivity index (χ2n) is 4.24. The number of fused-ring (bicyclic) bond motifs is 1. The topological polar surface area (TPSA) is 3.24 Å². The van der Waals surface area contributed by atoms with Crippen LogP contribution in [0, 0.1) is 5.92 Å². The Hall–Kier alpha value is 0.690. The van der Waals surface area contributed by atoms with Crippen LogP contribution in [0.15, 0.2) is 0 Å². The molecule has 0 N–H and O–H groups in total. The molecule has 3 unspecified atom stereocenters. The van der Waals surface area contributed by atoms with E-state index in [0.717, 1.165) is 16.0 Å². The number of hydrogen-bond donors (Lipinski definition) is 0. The summed E-state index contributed by atoms with van der Waals surface area (Å²) < 4.78 is 0.752. The van der Waals surface area contributed by atoms with Gasteiger partial charge in [0.2, 0.25) is 0 Å². The van der Waals surface area contributed by atoms with Crippen LogP contribution in [0.4, 0.5) is 0 Å². The molecule has 70 valence electrons. The molecule has 1 heterocycles. The van der Waals surface area contributed by atoms with Crippen LogP contribution in [0.2, 0.25) is 0 Å². The van der Waals surface area contributed by atoms with Crippen molar-refractivity contribution < 1.29 is 0 Å². The molecule has 1 saturated carbocycles. The molecule has 0 amide bonds. The lowest BCUT2D eigenvalue weighted by molar-refractivity contribution is 0.00967. The number of rotatable bonds is 1. The van der Waals surface area contributed by atoms with Crippen LogP contribution >= 0.6 is 22.6 Å². The number of nitrogens with zero attached hydrogens (tertiary/aromatic N) is 1. The molecule has 0 bridgehead atoms. The molecule has 0 radical (unpaired) electrons. The fourth-order valence-corrected chi connectivity index (χ4v) is 3.33. The Morgan fingerprint density at radius 1 is 1.25 bits per heavy atom. The van der Waals surface area contributed by atoms with Crippen LogP contribution in [0.25, 0.3) is 0 Å². The average Bonchev–Trinajstić information content (AvgIpc) is 2.13. The first-order chi connectivity index (χ1) is 5.79. The van der Waals surface area contributed by atoms with Crippen molar-refractivity contribution in [2.75, 3.05) is 6.54 Å². The first-order valence-corrected chi connectivity index (χ1v) is 6.43. The normalized spacial score (nSPS) is 39.5. The Labute approximate surface area is 89.0 Å². The molecular weight excluding hydrogens is 261 g/mol. The van der Waals surface area contributed by atoms with Crippen LogP contribution < -0.4 is 0 Å². The Bertz CT molecular complexity index is 158. The van der Waals surface area contributed by atoms with Gasteiger partial charge in [-0.3, -0.25) is 4.90 Å². The van der Waals surface area contributed by atoms with Crippen molar-refractivity contribution >= 4 is 22.6 Å². The number of halogens is 1. The van der Waals surface area contributed by atoms with Gasteiger partial charge in [-0.15, -0.1) is 0 Å². The van der Waals surface area contributed by atoms with Gasteiger partial charge in [0, 0.05) is 12.6 Å². The van der Waals surface area contributed by atoms with E-state index in [1.54, 1.807) is 0 Å². The van der Waals surface area contributed by atoms with Gasteiger partial charge < -0.3 is 0 Å². The maximum absolute atomic E-state index is 2.68. The van der Waals surface area contributed by atoms with Crippen LogP contribution in [-0.4, -0.2) is 21.5 Å². The van der Waals surface area contributed by atoms with Gasteiger partial charge in [0.1, 0.15) is 0 Å². The highest BCUT2D eigenvalue weighted by molar-refractivity contribution is 14.1. The van der Waals surface area contributed by atoms with Gasteiger partial charge in [-0.25, -0.2) is 0 Å². The van der Waals surface area contributed by atoms with E-state index in [4.69, 9.17) is 0 Å². The van der Waals surface area contributed by atoms with E-state index in [2.05, 4.69) is 34.4 Å². The minimum absolute atomic E-state index is 0.752. The Kier molecular flexibility index (Phi) is 2.95. The fraction of sp³-hybridized carbons (Fsp3) is 1.00. The summed E-state index contributed by atoms with van der Waals surface area (Å²) in [4.78, 5) is 2.68. The Morgan fingerprint density at radius 3 is 2.75 bits per heavy atom. The van der Waals surface area contributed by atoms with Gasteiger partial charge in [-0.1, -0.05) is 41.9 Å². The summed E-state index contributed by atoms with van der Waals surface area (Å²) in [5, 5.41) is 0. The van der Waals surface area contributed by atoms with Crippen molar-refractivity contribution in [2.24, 2.45) is 5.92 Å². The van der Waals surface area contributed by atoms with Gasteiger partial charge in [0.15, 0.2) is 0 Å². The molecule has 2 aliphatic rings. The molecule has 2 fully saturated rings. The summed E-state index contributed by atoms with van der Waals surface area (Å²) in [6.07, 6.45) is 7.42. The third-order valence-electron chi connectivity index (χ3n) is 3.45. The van der Waals surface area contributed by atoms with E-state index in [1.165, 1.54) is 38.6 Å². The summed E-state index contributed by atoms with van der Waals surface area (Å²) in [5.74, 6) is 1.06. The van der Waals surface area contributed by atoms with Gasteiger partial charge in [0.25, 0.3) is 0 Å². The van der Waals surface area contributed by atoms with Crippen molar-refractivity contribution in [3.05, 3.63) is 0 Å². The first kappa shape index (κ1) is 9.25. The molecule has 1 aliphatic carbocycles. The lowest BCUT2D eigenvalue weighted by atomic mass is 9.85. The first-order valence-electron chi connectivity index (χ1n) is 5.19. The zero-order valence-electron chi connectivity index (χ0n) is 7.80. The monoisotopic (exact) mass is 279 g/mol. The van der Waals surface area contributed by atoms with E-state index < -0.39 is 0 Å². The fourth-order valence-electron chi connectivity index (χ4n) is 2.69. The second-order valence-corrected chi connectivity index (χ2v) is 6.04. The third kappa shape index (κ3) is 1.65. The molecule has 0 spiro atoms. The molecular formula is C10H18IN. The van der Waals surface area contributed by atoms with Crippen molar-refractivity contribution in [2.45, 2.75) is 49.1 Å². The highest BCUT2D eigenvalue weighted by Gasteiger charge is 2.40. The van der Waals surface area contributed by atoms with Crippen LogP contribution in [-0.2, 0) is 0 Å². The lowest BCUT2D eigenvalue weighted by Gasteiger charge is -2.49. The summed E-state index contributed by atoms with van der Waals surface area (Å²) >= 11 is 2.55. The highest BCUT2D eigenvalue weighted by atomic mass is 127. The van der Waals surface area contributed by atoms with Gasteiger partial charge in [-0.2, -0.15) is 0 Å². The largest absolute Gasteiger partial charge is 0.288 e. The van der Waals surface area contributed by atoms with E-state index in [0.29, 0.717) is 0 Å². The maximum atomic E-state index is 2.68. The molecule has 1 nitrogen and oxygen atoms in total. The molecule has 2 heteroatoms. The quantitative estimate of drug-likeness (QED) is 0.405. The average molecular weight is 279 g/mol. The summed E-state index contributed by atoms with van der Waals surface area (Å²) in [5.41, 5.74) is 0. The highest BCUT2D eigenvalue weighted by Crippen LogP contribution is 2.38. The lowest BCUT2D eigenvalue weighted by Crippen LogP contribution is -2.57. The van der Waals surface area contributed by atoms with Crippen LogP contribution in [0.3, 0.4) is 0 Å². The SMILES string of the molecule is CC(I)N1CC2CCCCCC21. The summed E-state index contributed by atoms with van der Waals surface area (Å²) in [6.45, 7) is 3.70. The predicted octanol–water partition coefficient (Wildman–Crippen LogP) is 3.03. The van der Waals surface area contributed by atoms with Crippen molar-refractivity contribution in [1.29, 1.82) is 0 Å². The molecule has 0 aromatic carbocycles. The molecule has 0 aromatic heterocycles. The zero-order valence-corrected chi connectivity index (χ0v) is 9.96. The third-order valence-corrected chi connectivity index (χ3v) is 4.16. The minimum atomic E-state index is 0.752. The summed E-state index contributed by atoms with van der Waals surface area (Å²) in [7, 11) is 0. The van der Waals surface area contributed by atoms with Crippen molar-refractivity contribution in [1.82, 2.24) is 4.90 Å². The molecule has 12 heavy (non-hydrogen) atoms. The molecule has 1 saturated heterocycles. The summed E-state index contributed by atoms with van der Waals surface area (Å²) in [6, 6.07) is 0.958. The van der Waals surface area contributed by atoms with E-state index in [9.17, 15) is 0 Å². The van der Waals surface area contributed by atoms with Crippen molar-refractivity contribution in [3.8, 4) is 0 Å². The number of hydrogen-bond acceptors (Lipinski definition) is 1. The van der Waals surface area contributed by atoms with Crippen molar-refractivity contribution in [3.63, 3.8) is 0 Å². The zero-order chi connectivity index (χ0) is 8.55. The van der Waals surface area contributed by atoms with Gasteiger partial charge >= 0.3 is 0 Å². The van der Waals surface area contributed by atoms with Gasteiger partial charge in [0.05, 0.1) is 4.05 Å². The molecule has 0 aromatic rings. The minimum Gasteiger partial charge on any atom is -0.288 e. The standard InChI is InChI=1S/C10H18IN/c1-8(11)12-7-9-5-3-2-4-6-10(9)12/h8-10H,2-7H2,1H3. The molecule has 3 atom stereocenters. The number of alkyl halides is 1. The van der Waals surface area contributed by atoms with E-state index in [1.807, 2.05) is 0 Å². The van der Waals surface area contributed by atoms with E-state index >= 15 is 0 Å². The maximum Gasteiger partial charge on any atom is 0.0592 e. The second kappa shape index (κ2) is 3.82. The molecule has 1 aliphatic heterocycles. The Morgan fingerprint density at radius 2 is 2.00 bits per heavy atom. The predicted molar refractivity (Wildman–Crippen MR) is 60.6 cm³/mol.